The van der Waals surface area contributed by atoms with Crippen LogP contribution in [0.3, 0.4) is 0 Å². The van der Waals surface area contributed by atoms with Gasteiger partial charge in [-0.2, -0.15) is 4.31 Å². The zero-order chi connectivity index (χ0) is 22.0. The fourth-order valence-electron chi connectivity index (χ4n) is 3.42. The van der Waals surface area contributed by atoms with Crippen LogP contribution in [-0.4, -0.2) is 61.7 Å². The summed E-state index contributed by atoms with van der Waals surface area (Å²) in [5, 5.41) is 2.76. The quantitative estimate of drug-likeness (QED) is 0.723. The minimum absolute atomic E-state index is 0.0672. The van der Waals surface area contributed by atoms with Crippen molar-refractivity contribution in [3.8, 4) is 5.75 Å². The number of ether oxygens (including phenoxy) is 1. The summed E-state index contributed by atoms with van der Waals surface area (Å²) in [7, 11) is -2.23. The van der Waals surface area contributed by atoms with Crippen molar-refractivity contribution in [1.29, 1.82) is 0 Å². The normalized spacial score (nSPS) is 17.7. The van der Waals surface area contributed by atoms with Crippen LogP contribution < -0.4 is 10.1 Å². The lowest BCUT2D eigenvalue weighted by molar-refractivity contribution is -0.131. The molecule has 1 aliphatic rings. The standard InChI is InChI=1S/C20H31N3O5S/c1-7-22(8-2)29(26,27)15-9-10-17(28-6)16(12-15)21-19(25)14-11-18(24)23(13-14)20(3,4)5/h9-10,12,14H,7-8,11,13H2,1-6H3,(H,21,25). The Morgan fingerprint density at radius 3 is 2.38 bits per heavy atom. The van der Waals surface area contributed by atoms with E-state index in [1.807, 2.05) is 20.8 Å². The molecule has 1 atom stereocenters. The number of hydrogen-bond donors (Lipinski definition) is 1. The van der Waals surface area contributed by atoms with E-state index in [2.05, 4.69) is 5.32 Å². The molecule has 0 aromatic heterocycles. The summed E-state index contributed by atoms with van der Waals surface area (Å²) in [6, 6.07) is 4.39. The monoisotopic (exact) mass is 425 g/mol. The van der Waals surface area contributed by atoms with Crippen LogP contribution in [0.1, 0.15) is 41.0 Å². The first-order valence-electron chi connectivity index (χ1n) is 9.75. The number of nitrogens with one attached hydrogen (secondary N) is 1. The predicted molar refractivity (Wildman–Crippen MR) is 111 cm³/mol. The van der Waals surface area contributed by atoms with Gasteiger partial charge < -0.3 is 15.0 Å². The summed E-state index contributed by atoms with van der Waals surface area (Å²) < 4.78 is 32.2. The van der Waals surface area contributed by atoms with E-state index in [1.165, 1.54) is 29.6 Å². The molecule has 0 aliphatic carbocycles. The molecule has 1 unspecified atom stereocenters. The van der Waals surface area contributed by atoms with E-state index in [0.717, 1.165) is 0 Å². The third kappa shape index (κ3) is 4.90. The second-order valence-electron chi connectivity index (χ2n) is 8.02. The van der Waals surface area contributed by atoms with Crippen molar-refractivity contribution in [1.82, 2.24) is 9.21 Å². The number of carbonyl (C=O) groups is 2. The Balaban J connectivity index is 2.28. The van der Waals surface area contributed by atoms with Crippen LogP contribution in [-0.2, 0) is 19.6 Å². The van der Waals surface area contributed by atoms with Crippen LogP contribution in [0.2, 0.25) is 0 Å². The maximum atomic E-state index is 12.8. The summed E-state index contributed by atoms with van der Waals surface area (Å²) in [5.41, 5.74) is -0.0888. The molecule has 1 aliphatic heterocycles. The Bertz CT molecular complexity index is 873. The molecule has 2 rings (SSSR count). The number of rotatable bonds is 7. The van der Waals surface area contributed by atoms with Gasteiger partial charge in [0.1, 0.15) is 5.75 Å². The van der Waals surface area contributed by atoms with Crippen LogP contribution in [0, 0.1) is 5.92 Å². The van der Waals surface area contributed by atoms with Crippen LogP contribution in [0.15, 0.2) is 23.1 Å². The van der Waals surface area contributed by atoms with Gasteiger partial charge in [0.05, 0.1) is 23.6 Å². The minimum atomic E-state index is -3.68. The van der Waals surface area contributed by atoms with Gasteiger partial charge in [-0.15, -0.1) is 0 Å². The van der Waals surface area contributed by atoms with Crippen molar-refractivity contribution in [2.45, 2.75) is 51.5 Å². The summed E-state index contributed by atoms with van der Waals surface area (Å²) in [4.78, 5) is 26.8. The third-order valence-electron chi connectivity index (χ3n) is 5.08. The summed E-state index contributed by atoms with van der Waals surface area (Å²) in [5.74, 6) is -0.549. The lowest BCUT2D eigenvalue weighted by Crippen LogP contribution is -2.42. The number of benzene rings is 1. The first-order chi connectivity index (χ1) is 13.4. The average molecular weight is 426 g/mol. The van der Waals surface area contributed by atoms with Crippen LogP contribution >= 0.6 is 0 Å². The van der Waals surface area contributed by atoms with Gasteiger partial charge in [0.2, 0.25) is 21.8 Å². The number of sulfonamides is 1. The SMILES string of the molecule is CCN(CC)S(=O)(=O)c1ccc(OC)c(NC(=O)C2CC(=O)N(C(C)(C)C)C2)c1. The maximum absolute atomic E-state index is 12.8. The second kappa shape index (κ2) is 8.71. The average Bonchev–Trinajstić information content (AvgIpc) is 3.04. The van der Waals surface area contributed by atoms with Gasteiger partial charge in [-0.25, -0.2) is 8.42 Å². The topological polar surface area (TPSA) is 96.0 Å². The molecule has 0 bridgehead atoms. The zero-order valence-electron chi connectivity index (χ0n) is 18.0. The van der Waals surface area contributed by atoms with Gasteiger partial charge in [0.25, 0.3) is 0 Å². The minimum Gasteiger partial charge on any atom is -0.495 e. The molecular weight excluding hydrogens is 394 g/mol. The summed E-state index contributed by atoms with van der Waals surface area (Å²) in [6.07, 6.45) is 0.128. The lowest BCUT2D eigenvalue weighted by atomic mass is 10.1. The van der Waals surface area contributed by atoms with Gasteiger partial charge in [-0.3, -0.25) is 9.59 Å². The van der Waals surface area contributed by atoms with Crippen LogP contribution in [0.25, 0.3) is 0 Å². The zero-order valence-corrected chi connectivity index (χ0v) is 18.8. The lowest BCUT2D eigenvalue weighted by Gasteiger charge is -2.32. The van der Waals surface area contributed by atoms with Crippen molar-refractivity contribution in [2.75, 3.05) is 32.1 Å². The predicted octanol–water partition coefficient (Wildman–Crippen LogP) is 2.31. The van der Waals surface area contributed by atoms with Crippen LogP contribution in [0.4, 0.5) is 5.69 Å². The van der Waals surface area contributed by atoms with E-state index < -0.39 is 15.9 Å². The Kier molecular flexibility index (Phi) is 6.95. The fourth-order valence-corrected chi connectivity index (χ4v) is 4.91. The largest absolute Gasteiger partial charge is 0.495 e. The van der Waals surface area contributed by atoms with Gasteiger partial charge >= 0.3 is 0 Å². The van der Waals surface area contributed by atoms with Gasteiger partial charge in [0.15, 0.2) is 0 Å². The molecule has 1 heterocycles. The van der Waals surface area contributed by atoms with Crippen molar-refractivity contribution in [2.24, 2.45) is 5.92 Å². The molecule has 2 amide bonds. The molecule has 8 nitrogen and oxygen atoms in total. The number of nitrogens with zero attached hydrogens (tertiary/aromatic N) is 2. The second-order valence-corrected chi connectivity index (χ2v) is 9.95. The van der Waals surface area contributed by atoms with E-state index >= 15 is 0 Å². The molecule has 1 fully saturated rings. The summed E-state index contributed by atoms with van der Waals surface area (Å²) >= 11 is 0. The van der Waals surface area contributed by atoms with E-state index in [1.54, 1.807) is 18.7 Å². The number of hydrogen-bond acceptors (Lipinski definition) is 5. The fraction of sp³-hybridized carbons (Fsp3) is 0.600. The number of anilines is 1. The van der Waals surface area contributed by atoms with Crippen molar-refractivity contribution in [3.63, 3.8) is 0 Å². The first kappa shape index (κ1) is 23.2. The molecule has 162 valence electrons. The van der Waals surface area contributed by atoms with Crippen molar-refractivity contribution in [3.05, 3.63) is 18.2 Å². The molecule has 0 saturated carbocycles. The smallest absolute Gasteiger partial charge is 0.243 e. The Labute approximate surface area is 173 Å². The van der Waals surface area contributed by atoms with Crippen molar-refractivity contribution < 1.29 is 22.7 Å². The first-order valence-corrected chi connectivity index (χ1v) is 11.2. The number of likely N-dealkylation sites (tertiary alicyclic amines) is 1. The number of amides is 2. The highest BCUT2D eigenvalue weighted by molar-refractivity contribution is 7.89. The number of carbonyl (C=O) groups excluding carboxylic acids is 2. The molecule has 1 saturated heterocycles. The van der Waals surface area contributed by atoms with E-state index in [0.29, 0.717) is 25.4 Å². The van der Waals surface area contributed by atoms with Crippen molar-refractivity contribution >= 4 is 27.5 Å². The molecule has 0 spiro atoms. The van der Waals surface area contributed by atoms with Gasteiger partial charge in [-0.1, -0.05) is 13.8 Å². The molecular formula is C20H31N3O5S. The van der Waals surface area contributed by atoms with E-state index in [4.69, 9.17) is 4.74 Å². The molecule has 1 N–H and O–H groups in total. The summed E-state index contributed by atoms with van der Waals surface area (Å²) in [6.45, 7) is 10.3. The Morgan fingerprint density at radius 1 is 1.28 bits per heavy atom. The molecule has 9 heteroatoms. The third-order valence-corrected chi connectivity index (χ3v) is 7.12. The maximum Gasteiger partial charge on any atom is 0.243 e. The molecule has 1 aromatic rings. The number of methoxy groups -OCH3 is 1. The van der Waals surface area contributed by atoms with E-state index in [9.17, 15) is 18.0 Å². The van der Waals surface area contributed by atoms with Gasteiger partial charge in [-0.05, 0) is 39.0 Å². The highest BCUT2D eigenvalue weighted by Gasteiger charge is 2.39. The van der Waals surface area contributed by atoms with Gasteiger partial charge in [0, 0.05) is 31.6 Å². The highest BCUT2D eigenvalue weighted by atomic mass is 32.2. The highest BCUT2D eigenvalue weighted by Crippen LogP contribution is 2.31. The molecule has 29 heavy (non-hydrogen) atoms. The Morgan fingerprint density at radius 2 is 1.90 bits per heavy atom. The van der Waals surface area contributed by atoms with E-state index in [-0.39, 0.29) is 34.4 Å². The molecule has 1 aromatic carbocycles. The Hall–Kier alpha value is -2.13. The van der Waals surface area contributed by atoms with Crippen LogP contribution in [0.5, 0.6) is 5.75 Å². The molecule has 0 radical (unpaired) electrons.